The Morgan fingerprint density at radius 3 is 2.92 bits per heavy atom. The summed E-state index contributed by atoms with van der Waals surface area (Å²) in [5.74, 6) is -0.368. The molecule has 0 radical (unpaired) electrons. The third-order valence-corrected chi connectivity index (χ3v) is 3.72. The first-order valence-corrected chi connectivity index (χ1v) is 7.92. The molecule has 2 heterocycles. The van der Waals surface area contributed by atoms with Crippen LogP contribution in [0.1, 0.15) is 30.0 Å². The largest absolute Gasteiger partial charge is 0.467 e. The number of carbonyl (C=O) groups excluding carboxylic acids is 2. The van der Waals surface area contributed by atoms with Crippen LogP contribution in [0.3, 0.4) is 0 Å². The van der Waals surface area contributed by atoms with Crippen molar-refractivity contribution in [2.45, 2.75) is 33.0 Å². The molecule has 3 rings (SSSR count). The third kappa shape index (κ3) is 3.68. The number of fused-ring (bicyclic) bond motifs is 1. The van der Waals surface area contributed by atoms with Gasteiger partial charge in [0.25, 0.3) is 5.91 Å². The second kappa shape index (κ2) is 7.16. The Morgan fingerprint density at radius 1 is 1.36 bits per heavy atom. The number of carbonyl (C=O) groups is 2. The Labute approximate surface area is 143 Å². The minimum atomic E-state index is -0.926. The van der Waals surface area contributed by atoms with Crippen LogP contribution in [0.25, 0.3) is 11.0 Å². The number of rotatable bonds is 6. The Morgan fingerprint density at radius 2 is 2.20 bits per heavy atom. The van der Waals surface area contributed by atoms with Gasteiger partial charge in [-0.1, -0.05) is 5.21 Å². The number of furan rings is 1. The Hall–Kier alpha value is -3.16. The lowest BCUT2D eigenvalue weighted by Gasteiger charge is -2.13. The molecule has 0 bridgehead atoms. The molecule has 0 aliphatic rings. The maximum absolute atomic E-state index is 12.2. The summed E-state index contributed by atoms with van der Waals surface area (Å²) in [6.07, 6.45) is 0.597. The second-order valence-corrected chi connectivity index (χ2v) is 5.45. The fourth-order valence-corrected chi connectivity index (χ4v) is 2.35. The van der Waals surface area contributed by atoms with Gasteiger partial charge in [0.1, 0.15) is 11.3 Å². The lowest BCUT2D eigenvalue weighted by Crippen LogP contribution is -2.35. The van der Waals surface area contributed by atoms with E-state index in [2.05, 4.69) is 15.6 Å². The summed E-state index contributed by atoms with van der Waals surface area (Å²) in [4.78, 5) is 24.2. The minimum Gasteiger partial charge on any atom is -0.467 e. The molecule has 8 heteroatoms. The van der Waals surface area contributed by atoms with Gasteiger partial charge in [-0.05, 0) is 44.2 Å². The fourth-order valence-electron chi connectivity index (χ4n) is 2.35. The van der Waals surface area contributed by atoms with Crippen LogP contribution < -0.4 is 5.32 Å². The van der Waals surface area contributed by atoms with Crippen LogP contribution in [0.4, 0.5) is 0 Å². The van der Waals surface area contributed by atoms with E-state index in [4.69, 9.17) is 9.15 Å². The van der Waals surface area contributed by atoms with Crippen LogP contribution in [0, 0.1) is 0 Å². The van der Waals surface area contributed by atoms with E-state index in [0.717, 1.165) is 5.52 Å². The molecule has 2 aromatic heterocycles. The van der Waals surface area contributed by atoms with Gasteiger partial charge in [0.15, 0.2) is 6.10 Å². The molecule has 0 fully saturated rings. The normalized spacial score (nSPS) is 12.1. The molecule has 0 saturated carbocycles. The number of aromatic nitrogens is 3. The van der Waals surface area contributed by atoms with E-state index in [1.54, 1.807) is 35.0 Å². The van der Waals surface area contributed by atoms with E-state index in [1.165, 1.54) is 13.2 Å². The van der Waals surface area contributed by atoms with Crippen molar-refractivity contribution in [3.05, 3.63) is 47.9 Å². The number of hydrogen-bond donors (Lipinski definition) is 1. The number of amides is 1. The third-order valence-electron chi connectivity index (χ3n) is 3.72. The quantitative estimate of drug-likeness (QED) is 0.687. The first-order chi connectivity index (χ1) is 12.1. The molecule has 8 nitrogen and oxygen atoms in total. The molecule has 0 aliphatic carbocycles. The molecule has 0 aliphatic heterocycles. The number of esters is 1. The van der Waals surface area contributed by atoms with Gasteiger partial charge in [-0.3, -0.25) is 4.79 Å². The molecule has 25 heavy (non-hydrogen) atoms. The molecular formula is C17H18N4O4. The maximum atomic E-state index is 12.2. The molecule has 3 aromatic rings. The topological polar surface area (TPSA) is 99.3 Å². The van der Waals surface area contributed by atoms with Crippen molar-refractivity contribution in [3.8, 4) is 0 Å². The summed E-state index contributed by atoms with van der Waals surface area (Å²) < 4.78 is 12.1. The average molecular weight is 342 g/mol. The van der Waals surface area contributed by atoms with Crippen molar-refractivity contribution in [2.24, 2.45) is 0 Å². The van der Waals surface area contributed by atoms with Gasteiger partial charge in [-0.25, -0.2) is 9.48 Å². The summed E-state index contributed by atoms with van der Waals surface area (Å²) in [5.41, 5.74) is 1.76. The summed E-state index contributed by atoms with van der Waals surface area (Å²) >= 11 is 0. The zero-order valence-corrected chi connectivity index (χ0v) is 13.9. The standard InChI is InChI=1S/C17H18N4O4/c1-3-21-15-7-6-12(9-14(15)19-20-21)17(23)25-11(2)16(22)18-10-13-5-4-8-24-13/h4-9,11H,3,10H2,1-2H3,(H,18,22)/t11-/m1/s1. The highest BCUT2D eigenvalue weighted by Crippen LogP contribution is 2.15. The van der Waals surface area contributed by atoms with E-state index in [9.17, 15) is 9.59 Å². The fraction of sp³-hybridized carbons (Fsp3) is 0.294. The zero-order valence-electron chi connectivity index (χ0n) is 13.9. The number of nitrogens with one attached hydrogen (secondary N) is 1. The van der Waals surface area contributed by atoms with E-state index >= 15 is 0 Å². The minimum absolute atomic E-state index is 0.236. The van der Waals surface area contributed by atoms with Crippen LogP contribution in [-0.2, 0) is 22.6 Å². The predicted molar refractivity (Wildman–Crippen MR) is 88.6 cm³/mol. The molecule has 1 amide bonds. The van der Waals surface area contributed by atoms with Gasteiger partial charge in [-0.2, -0.15) is 0 Å². The highest BCUT2D eigenvalue weighted by atomic mass is 16.5. The highest BCUT2D eigenvalue weighted by molar-refractivity contribution is 5.95. The van der Waals surface area contributed by atoms with Crippen LogP contribution >= 0.6 is 0 Å². The molecule has 130 valence electrons. The van der Waals surface area contributed by atoms with E-state index in [1.807, 2.05) is 6.92 Å². The van der Waals surface area contributed by atoms with E-state index in [-0.39, 0.29) is 6.54 Å². The monoisotopic (exact) mass is 342 g/mol. The van der Waals surface area contributed by atoms with Gasteiger partial charge in [0.05, 0.1) is 23.9 Å². The molecular weight excluding hydrogens is 324 g/mol. The number of aryl methyl sites for hydroxylation is 1. The SMILES string of the molecule is CCn1nnc2cc(C(=O)O[C@H](C)C(=O)NCc3ccco3)ccc21. The molecule has 0 unspecified atom stereocenters. The van der Waals surface area contributed by atoms with Crippen molar-refractivity contribution in [1.29, 1.82) is 0 Å². The predicted octanol–water partition coefficient (Wildman–Crippen LogP) is 1.91. The smallest absolute Gasteiger partial charge is 0.338 e. The van der Waals surface area contributed by atoms with Crippen LogP contribution in [0.5, 0.6) is 0 Å². The van der Waals surface area contributed by atoms with Crippen molar-refractivity contribution >= 4 is 22.9 Å². The van der Waals surface area contributed by atoms with Gasteiger partial charge < -0.3 is 14.5 Å². The van der Waals surface area contributed by atoms with Crippen molar-refractivity contribution < 1.29 is 18.7 Å². The average Bonchev–Trinajstić information content (AvgIpc) is 3.28. The first kappa shape index (κ1) is 16.7. The molecule has 1 aromatic carbocycles. The van der Waals surface area contributed by atoms with E-state index < -0.39 is 18.0 Å². The van der Waals surface area contributed by atoms with Crippen LogP contribution in [0.2, 0.25) is 0 Å². The van der Waals surface area contributed by atoms with Crippen LogP contribution in [0.15, 0.2) is 41.0 Å². The summed E-state index contributed by atoms with van der Waals surface area (Å²) in [6.45, 7) is 4.40. The summed E-state index contributed by atoms with van der Waals surface area (Å²) in [7, 11) is 0. The second-order valence-electron chi connectivity index (χ2n) is 5.45. The van der Waals surface area contributed by atoms with Gasteiger partial charge >= 0.3 is 5.97 Å². The molecule has 1 N–H and O–H groups in total. The van der Waals surface area contributed by atoms with Gasteiger partial charge in [-0.15, -0.1) is 5.10 Å². The maximum Gasteiger partial charge on any atom is 0.338 e. The number of nitrogens with zero attached hydrogens (tertiary/aromatic N) is 3. The van der Waals surface area contributed by atoms with Crippen molar-refractivity contribution in [1.82, 2.24) is 20.3 Å². The van der Waals surface area contributed by atoms with E-state index in [0.29, 0.717) is 23.4 Å². The summed E-state index contributed by atoms with van der Waals surface area (Å²) in [6, 6.07) is 8.47. The zero-order chi connectivity index (χ0) is 17.8. The van der Waals surface area contributed by atoms with Crippen molar-refractivity contribution in [3.63, 3.8) is 0 Å². The lowest BCUT2D eigenvalue weighted by molar-refractivity contribution is -0.129. The molecule has 1 atom stereocenters. The van der Waals surface area contributed by atoms with Crippen molar-refractivity contribution in [2.75, 3.05) is 0 Å². The number of hydrogen-bond acceptors (Lipinski definition) is 6. The lowest BCUT2D eigenvalue weighted by atomic mass is 10.2. The first-order valence-electron chi connectivity index (χ1n) is 7.92. The molecule has 0 spiro atoms. The number of benzene rings is 1. The van der Waals surface area contributed by atoms with Crippen LogP contribution in [-0.4, -0.2) is 33.0 Å². The molecule has 0 saturated heterocycles. The van der Waals surface area contributed by atoms with Gasteiger partial charge in [0.2, 0.25) is 0 Å². The number of ether oxygens (including phenoxy) is 1. The highest BCUT2D eigenvalue weighted by Gasteiger charge is 2.19. The Bertz CT molecular complexity index is 885. The Kier molecular flexibility index (Phi) is 4.78. The van der Waals surface area contributed by atoms with Gasteiger partial charge in [0, 0.05) is 6.54 Å². The summed E-state index contributed by atoms with van der Waals surface area (Å²) in [5, 5.41) is 10.7. The Balaban J connectivity index is 1.61.